The summed E-state index contributed by atoms with van der Waals surface area (Å²) in [6, 6.07) is 3.23. The van der Waals surface area contributed by atoms with Gasteiger partial charge in [-0.2, -0.15) is 0 Å². The van der Waals surface area contributed by atoms with Crippen LogP contribution in [0.2, 0.25) is 0 Å². The van der Waals surface area contributed by atoms with Crippen molar-refractivity contribution < 1.29 is 46.0 Å². The summed E-state index contributed by atoms with van der Waals surface area (Å²) in [5.41, 5.74) is -0.195. The van der Waals surface area contributed by atoms with Gasteiger partial charge in [-0.1, -0.05) is 5.21 Å². The first kappa shape index (κ1) is 27.8. The van der Waals surface area contributed by atoms with Crippen LogP contribution < -0.4 is 0 Å². The highest BCUT2D eigenvalue weighted by Crippen LogP contribution is 2.38. The molecule has 4 aromatic rings. The molecule has 5 atom stereocenters. The van der Waals surface area contributed by atoms with Gasteiger partial charge in [0.2, 0.25) is 0 Å². The van der Waals surface area contributed by atoms with Gasteiger partial charge in [-0.15, -0.1) is 15.3 Å². The third kappa shape index (κ3) is 4.86. The highest BCUT2D eigenvalue weighted by Gasteiger charge is 2.48. The molecular weight excluding hydrogens is 564 g/mol. The van der Waals surface area contributed by atoms with Crippen molar-refractivity contribution in [3.8, 4) is 16.9 Å². The van der Waals surface area contributed by atoms with Crippen LogP contribution in [-0.2, 0) is 14.6 Å². The maximum Gasteiger partial charge on any atom is 0.194 e. The van der Waals surface area contributed by atoms with E-state index < -0.39 is 75.1 Å². The van der Waals surface area contributed by atoms with Gasteiger partial charge in [-0.25, -0.2) is 30.7 Å². The fourth-order valence-corrected chi connectivity index (χ4v) is 5.21. The lowest BCUT2D eigenvalue weighted by Gasteiger charge is -2.41. The van der Waals surface area contributed by atoms with E-state index in [1.807, 2.05) is 0 Å². The van der Waals surface area contributed by atoms with E-state index in [0.717, 1.165) is 35.6 Å². The van der Waals surface area contributed by atoms with Crippen LogP contribution in [0.1, 0.15) is 18.0 Å². The molecule has 0 bridgehead atoms. The van der Waals surface area contributed by atoms with E-state index in [4.69, 9.17) is 4.74 Å². The van der Waals surface area contributed by atoms with Crippen molar-refractivity contribution in [1.82, 2.24) is 29.8 Å². The van der Waals surface area contributed by atoms with E-state index in [0.29, 0.717) is 12.1 Å². The second-order valence-electron chi connectivity index (χ2n) is 9.03. The fraction of sp³-hybridized carbons (Fsp3) is 0.304. The lowest BCUT2D eigenvalue weighted by atomic mass is 9.92. The molecule has 212 valence electrons. The van der Waals surface area contributed by atoms with Crippen molar-refractivity contribution in [2.45, 2.75) is 35.4 Å². The Morgan fingerprint density at radius 3 is 2.35 bits per heavy atom. The van der Waals surface area contributed by atoms with Gasteiger partial charge in [-0.05, 0) is 30.3 Å². The van der Waals surface area contributed by atoms with Crippen LogP contribution in [0, 0.1) is 23.3 Å². The molecule has 2 aromatic heterocycles. The molecule has 0 aliphatic carbocycles. The Balaban J connectivity index is 1.53. The minimum atomic E-state index is -3.95. The largest absolute Gasteiger partial charge is 0.394 e. The Kier molecular flexibility index (Phi) is 7.17. The summed E-state index contributed by atoms with van der Waals surface area (Å²) in [6.45, 7) is -0.722. The number of sulfone groups is 1. The predicted octanol–water partition coefficient (Wildman–Crippen LogP) is 0.881. The van der Waals surface area contributed by atoms with E-state index in [9.17, 15) is 41.3 Å². The minimum Gasteiger partial charge on any atom is -0.394 e. The molecule has 1 fully saturated rings. The van der Waals surface area contributed by atoms with Crippen molar-refractivity contribution in [2.24, 2.45) is 0 Å². The van der Waals surface area contributed by atoms with E-state index in [2.05, 4.69) is 20.5 Å². The second-order valence-corrected chi connectivity index (χ2v) is 11.0. The molecular formula is C23H20F4N6O6S. The number of aromatic nitrogens is 6. The predicted molar refractivity (Wildman–Crippen MR) is 126 cm³/mol. The molecule has 12 nitrogen and oxygen atoms in total. The molecule has 3 heterocycles. The van der Waals surface area contributed by atoms with Crippen LogP contribution in [-0.4, -0.2) is 84.7 Å². The quantitative estimate of drug-likeness (QED) is 0.219. The number of aliphatic hydroxyl groups is 3. The summed E-state index contributed by atoms with van der Waals surface area (Å²) in [5, 5.41) is 47.3. The molecule has 1 saturated heterocycles. The van der Waals surface area contributed by atoms with Gasteiger partial charge in [0.25, 0.3) is 0 Å². The number of hydrogen-bond acceptors (Lipinski definition) is 10. The highest BCUT2D eigenvalue weighted by molar-refractivity contribution is 7.90. The normalized spacial score (nSPS) is 23.4. The lowest BCUT2D eigenvalue weighted by Crippen LogP contribution is -2.53. The van der Waals surface area contributed by atoms with E-state index in [1.54, 1.807) is 0 Å². The summed E-state index contributed by atoms with van der Waals surface area (Å²) >= 11 is 0. The summed E-state index contributed by atoms with van der Waals surface area (Å²) in [6.07, 6.45) is -2.83. The number of rotatable bonds is 6. The van der Waals surface area contributed by atoms with Crippen LogP contribution >= 0.6 is 0 Å². The zero-order valence-corrected chi connectivity index (χ0v) is 21.1. The van der Waals surface area contributed by atoms with Gasteiger partial charge in [0.15, 0.2) is 33.1 Å². The number of aliphatic hydroxyl groups excluding tert-OH is 3. The van der Waals surface area contributed by atoms with E-state index >= 15 is 0 Å². The molecule has 17 heteroatoms. The number of ether oxygens (including phenoxy) is 1. The van der Waals surface area contributed by atoms with Crippen molar-refractivity contribution in [1.29, 1.82) is 0 Å². The first-order valence-corrected chi connectivity index (χ1v) is 13.4. The van der Waals surface area contributed by atoms with Gasteiger partial charge in [0, 0.05) is 17.5 Å². The van der Waals surface area contributed by atoms with Crippen LogP contribution in [0.4, 0.5) is 17.6 Å². The zero-order valence-electron chi connectivity index (χ0n) is 20.3. The zero-order chi connectivity index (χ0) is 28.9. The Labute approximate surface area is 223 Å². The van der Waals surface area contributed by atoms with E-state index in [-0.39, 0.29) is 22.8 Å². The van der Waals surface area contributed by atoms with Crippen LogP contribution in [0.25, 0.3) is 16.9 Å². The molecule has 0 radical (unpaired) electrons. The average Bonchev–Trinajstić information content (AvgIpc) is 3.57. The molecule has 1 aliphatic rings. The second kappa shape index (κ2) is 10.3. The monoisotopic (exact) mass is 584 g/mol. The first-order valence-electron chi connectivity index (χ1n) is 11.5. The molecule has 0 spiro atoms. The Bertz CT molecular complexity index is 1660. The highest BCUT2D eigenvalue weighted by atomic mass is 32.2. The molecule has 0 saturated carbocycles. The number of benzene rings is 2. The molecule has 0 unspecified atom stereocenters. The standard InChI is InChI=1S/C23H20F4N6O6S/c1-40(37,38)17-6-11(2-3-12(17)24)32-9-28-30-23(32)22-21(36)19(20(35)16(8-34)39-22)33-7-15(29-31-33)10-4-13(25)18(27)14(26)5-10/h2-7,9,16,19-22,34-36H,8H2,1H3/t16-,19+,20+,21-,22-/m1/s1. The fourth-order valence-electron chi connectivity index (χ4n) is 4.45. The summed E-state index contributed by atoms with van der Waals surface area (Å²) in [7, 11) is -3.95. The molecule has 1 aliphatic heterocycles. The third-order valence-electron chi connectivity index (χ3n) is 6.41. The number of halogens is 4. The Morgan fingerprint density at radius 1 is 1.00 bits per heavy atom. The van der Waals surface area contributed by atoms with Crippen LogP contribution in [0.3, 0.4) is 0 Å². The maximum absolute atomic E-state index is 14.2. The molecule has 0 amide bonds. The summed E-state index contributed by atoms with van der Waals surface area (Å²) in [5.74, 6) is -5.68. The topological polar surface area (TPSA) is 165 Å². The van der Waals surface area contributed by atoms with E-state index in [1.165, 1.54) is 10.6 Å². The number of hydrogen-bond donors (Lipinski definition) is 3. The number of nitrogens with zero attached hydrogens (tertiary/aromatic N) is 6. The third-order valence-corrected chi connectivity index (χ3v) is 7.52. The van der Waals surface area contributed by atoms with Crippen LogP contribution in [0.15, 0.2) is 47.8 Å². The summed E-state index contributed by atoms with van der Waals surface area (Å²) < 4.78 is 87.0. The van der Waals surface area contributed by atoms with Crippen LogP contribution in [0.5, 0.6) is 0 Å². The van der Waals surface area contributed by atoms with Gasteiger partial charge < -0.3 is 20.1 Å². The minimum absolute atomic E-state index is 0.100. The van der Waals surface area contributed by atoms with Gasteiger partial charge >= 0.3 is 0 Å². The molecule has 2 aromatic carbocycles. The molecule has 5 rings (SSSR count). The Morgan fingerprint density at radius 2 is 1.70 bits per heavy atom. The first-order chi connectivity index (χ1) is 18.9. The maximum atomic E-state index is 14.2. The average molecular weight is 585 g/mol. The SMILES string of the molecule is CS(=O)(=O)c1cc(-n2cnnc2[C@@H]2O[C@H](CO)[C@H](O)[C@H](n3cc(-c4cc(F)c(F)c(F)c4)nn3)[C@H]2O)ccc1F. The van der Waals surface area contributed by atoms with Crippen molar-refractivity contribution in [2.75, 3.05) is 12.9 Å². The molecule has 40 heavy (non-hydrogen) atoms. The smallest absolute Gasteiger partial charge is 0.194 e. The lowest BCUT2D eigenvalue weighted by molar-refractivity contribution is -0.210. The summed E-state index contributed by atoms with van der Waals surface area (Å²) in [4.78, 5) is -0.597. The van der Waals surface area contributed by atoms with Gasteiger partial charge in [0.05, 0.1) is 12.8 Å². The van der Waals surface area contributed by atoms with Gasteiger partial charge in [0.1, 0.15) is 53.2 Å². The Hall–Kier alpha value is -3.77. The van der Waals surface area contributed by atoms with Crippen molar-refractivity contribution in [3.05, 3.63) is 71.9 Å². The van der Waals surface area contributed by atoms with Crippen molar-refractivity contribution in [3.63, 3.8) is 0 Å². The van der Waals surface area contributed by atoms with Gasteiger partial charge in [-0.3, -0.25) is 4.57 Å². The molecule has 3 N–H and O–H groups in total. The van der Waals surface area contributed by atoms with Crippen molar-refractivity contribution >= 4 is 9.84 Å².